The SMILES string of the molecule is CCOC1=CC=C/C(=C\Nn2c(-c3ccccc3Cl)nc3ccccc3c2=O)C1=O. The molecule has 2 aromatic carbocycles. The monoisotopic (exact) mass is 419 g/mol. The number of hydrogen-bond acceptors (Lipinski definition) is 5. The van der Waals surface area contributed by atoms with Crippen molar-refractivity contribution in [1.82, 2.24) is 9.66 Å². The number of ketones is 1. The van der Waals surface area contributed by atoms with Gasteiger partial charge in [0.05, 0.1) is 22.5 Å². The summed E-state index contributed by atoms with van der Waals surface area (Å²) >= 11 is 6.37. The number of Topliss-reactive ketones (excluding diaryl/α,β-unsaturated/α-hetero) is 1. The van der Waals surface area contributed by atoms with Crippen LogP contribution in [0.1, 0.15) is 6.92 Å². The molecular formula is C23H18ClN3O3. The number of aromatic nitrogens is 2. The summed E-state index contributed by atoms with van der Waals surface area (Å²) in [5.74, 6) is 0.324. The van der Waals surface area contributed by atoms with E-state index in [-0.39, 0.29) is 17.1 Å². The van der Waals surface area contributed by atoms with E-state index in [1.807, 2.05) is 19.1 Å². The Morgan fingerprint density at radius 3 is 2.70 bits per heavy atom. The minimum atomic E-state index is -0.305. The second-order valence-electron chi connectivity index (χ2n) is 6.45. The predicted molar refractivity (Wildman–Crippen MR) is 118 cm³/mol. The molecule has 1 aliphatic carbocycles. The van der Waals surface area contributed by atoms with Crippen LogP contribution in [0.3, 0.4) is 0 Å². The van der Waals surface area contributed by atoms with E-state index in [0.717, 1.165) is 0 Å². The van der Waals surface area contributed by atoms with Crippen LogP contribution in [0.2, 0.25) is 5.02 Å². The first-order valence-corrected chi connectivity index (χ1v) is 9.77. The molecule has 0 spiro atoms. The molecule has 0 fully saturated rings. The summed E-state index contributed by atoms with van der Waals surface area (Å²) in [6, 6.07) is 14.2. The van der Waals surface area contributed by atoms with Gasteiger partial charge in [-0.3, -0.25) is 15.0 Å². The Bertz CT molecular complexity index is 1290. The van der Waals surface area contributed by atoms with Crippen LogP contribution in [0.5, 0.6) is 0 Å². The van der Waals surface area contributed by atoms with E-state index in [1.54, 1.807) is 54.6 Å². The highest BCUT2D eigenvalue weighted by Crippen LogP contribution is 2.26. The normalized spacial score (nSPS) is 14.8. The Labute approximate surface area is 177 Å². The van der Waals surface area contributed by atoms with E-state index >= 15 is 0 Å². The van der Waals surface area contributed by atoms with Crippen LogP contribution in [0.15, 0.2) is 89.1 Å². The summed E-state index contributed by atoms with van der Waals surface area (Å²) in [7, 11) is 0. The molecule has 1 N–H and O–H groups in total. The maximum atomic E-state index is 13.2. The highest BCUT2D eigenvalue weighted by molar-refractivity contribution is 6.33. The van der Waals surface area contributed by atoms with Crippen molar-refractivity contribution < 1.29 is 9.53 Å². The van der Waals surface area contributed by atoms with Gasteiger partial charge in [0.15, 0.2) is 11.6 Å². The first-order valence-electron chi connectivity index (χ1n) is 9.39. The fourth-order valence-electron chi connectivity index (χ4n) is 3.13. The van der Waals surface area contributed by atoms with E-state index in [9.17, 15) is 9.59 Å². The maximum Gasteiger partial charge on any atom is 0.280 e. The number of rotatable bonds is 5. The van der Waals surface area contributed by atoms with Gasteiger partial charge in [-0.25, -0.2) is 9.66 Å². The summed E-state index contributed by atoms with van der Waals surface area (Å²) < 4.78 is 6.65. The first-order chi connectivity index (χ1) is 14.6. The van der Waals surface area contributed by atoms with Gasteiger partial charge in [0.25, 0.3) is 5.56 Å². The molecule has 4 rings (SSSR count). The Morgan fingerprint density at radius 1 is 1.13 bits per heavy atom. The van der Waals surface area contributed by atoms with Crippen molar-refractivity contribution >= 4 is 28.3 Å². The summed E-state index contributed by atoms with van der Waals surface area (Å²) in [4.78, 5) is 30.4. The smallest absolute Gasteiger partial charge is 0.280 e. The molecular weight excluding hydrogens is 402 g/mol. The van der Waals surface area contributed by atoms with Crippen LogP contribution in [0.25, 0.3) is 22.3 Å². The van der Waals surface area contributed by atoms with Gasteiger partial charge in [-0.1, -0.05) is 41.9 Å². The molecule has 3 aromatic rings. The standard InChI is InChI=1S/C23H18ClN3O3/c1-2-30-20-13-7-8-15(21(20)28)14-25-27-22(16-9-3-5-11-18(16)24)26-19-12-6-4-10-17(19)23(27)29/h3-14,25H,2H2,1H3/b15-14+. The predicted octanol–water partition coefficient (Wildman–Crippen LogP) is 4.20. The van der Waals surface area contributed by atoms with E-state index < -0.39 is 0 Å². The number of benzene rings is 2. The molecule has 1 heterocycles. The van der Waals surface area contributed by atoms with E-state index in [1.165, 1.54) is 10.9 Å². The van der Waals surface area contributed by atoms with Gasteiger partial charge in [-0.05, 0) is 43.3 Å². The molecule has 0 radical (unpaired) electrons. The van der Waals surface area contributed by atoms with Crippen LogP contribution < -0.4 is 11.0 Å². The molecule has 0 amide bonds. The molecule has 7 heteroatoms. The fraction of sp³-hybridized carbons (Fsp3) is 0.0870. The molecule has 30 heavy (non-hydrogen) atoms. The summed E-state index contributed by atoms with van der Waals surface area (Å²) in [6.45, 7) is 2.20. The number of halogens is 1. The van der Waals surface area contributed by atoms with Crippen molar-refractivity contribution in [1.29, 1.82) is 0 Å². The van der Waals surface area contributed by atoms with Crippen LogP contribution in [-0.4, -0.2) is 22.1 Å². The summed E-state index contributed by atoms with van der Waals surface area (Å²) in [5, 5.41) is 0.901. The molecule has 0 saturated heterocycles. The Morgan fingerprint density at radius 2 is 1.90 bits per heavy atom. The zero-order chi connectivity index (χ0) is 21.1. The quantitative estimate of drug-likeness (QED) is 0.627. The highest BCUT2D eigenvalue weighted by Gasteiger charge is 2.18. The minimum Gasteiger partial charge on any atom is -0.490 e. The number of nitrogens with zero attached hydrogens (tertiary/aromatic N) is 2. The van der Waals surface area contributed by atoms with E-state index in [2.05, 4.69) is 10.4 Å². The number of carbonyl (C=O) groups excluding carboxylic acids is 1. The van der Waals surface area contributed by atoms with Crippen LogP contribution >= 0.6 is 11.6 Å². The van der Waals surface area contributed by atoms with Gasteiger partial charge in [-0.2, -0.15) is 0 Å². The van der Waals surface area contributed by atoms with Crippen LogP contribution in [-0.2, 0) is 9.53 Å². The average molecular weight is 420 g/mol. The van der Waals surface area contributed by atoms with Gasteiger partial charge in [0.1, 0.15) is 0 Å². The van der Waals surface area contributed by atoms with Crippen molar-refractivity contribution in [2.24, 2.45) is 0 Å². The van der Waals surface area contributed by atoms with Crippen molar-refractivity contribution in [3.8, 4) is 11.4 Å². The molecule has 0 unspecified atom stereocenters. The van der Waals surface area contributed by atoms with Gasteiger partial charge in [0.2, 0.25) is 5.78 Å². The third-order valence-electron chi connectivity index (χ3n) is 4.55. The third-order valence-corrected chi connectivity index (χ3v) is 4.88. The average Bonchev–Trinajstić information content (AvgIpc) is 2.76. The lowest BCUT2D eigenvalue weighted by Gasteiger charge is -2.16. The van der Waals surface area contributed by atoms with Crippen LogP contribution in [0.4, 0.5) is 0 Å². The Balaban J connectivity index is 1.83. The second-order valence-corrected chi connectivity index (χ2v) is 6.86. The number of hydrogen-bond donors (Lipinski definition) is 1. The Hall–Kier alpha value is -3.64. The third kappa shape index (κ3) is 3.65. The van der Waals surface area contributed by atoms with Crippen LogP contribution in [0, 0.1) is 0 Å². The minimum absolute atomic E-state index is 0.253. The molecule has 6 nitrogen and oxygen atoms in total. The second kappa shape index (κ2) is 8.39. The zero-order valence-electron chi connectivity index (χ0n) is 16.1. The largest absolute Gasteiger partial charge is 0.490 e. The number of carbonyl (C=O) groups is 1. The molecule has 0 bridgehead atoms. The molecule has 0 aliphatic heterocycles. The van der Waals surface area contributed by atoms with E-state index in [4.69, 9.17) is 16.3 Å². The lowest BCUT2D eigenvalue weighted by molar-refractivity contribution is -0.115. The maximum absolute atomic E-state index is 13.2. The number of allylic oxidation sites excluding steroid dienone is 4. The van der Waals surface area contributed by atoms with Crippen molar-refractivity contribution in [2.45, 2.75) is 6.92 Å². The lowest BCUT2D eigenvalue weighted by Crippen LogP contribution is -2.29. The fourth-order valence-corrected chi connectivity index (χ4v) is 3.35. The number of fused-ring (bicyclic) bond motifs is 1. The van der Waals surface area contributed by atoms with Gasteiger partial charge in [0, 0.05) is 17.3 Å². The Kier molecular flexibility index (Phi) is 5.50. The summed E-state index contributed by atoms with van der Waals surface area (Å²) in [6.07, 6.45) is 6.44. The van der Waals surface area contributed by atoms with Crippen molar-refractivity contribution in [2.75, 3.05) is 12.0 Å². The number of ether oxygens (including phenoxy) is 1. The first kappa shape index (κ1) is 19.7. The topological polar surface area (TPSA) is 73.2 Å². The van der Waals surface area contributed by atoms with Gasteiger partial charge in [-0.15, -0.1) is 0 Å². The molecule has 150 valence electrons. The van der Waals surface area contributed by atoms with Crippen molar-refractivity contribution in [3.63, 3.8) is 0 Å². The van der Waals surface area contributed by atoms with Gasteiger partial charge < -0.3 is 4.74 Å². The molecule has 1 aromatic heterocycles. The number of para-hydroxylation sites is 1. The lowest BCUT2D eigenvalue weighted by atomic mass is 10.1. The molecule has 1 aliphatic rings. The number of nitrogens with one attached hydrogen (secondary N) is 1. The summed E-state index contributed by atoms with van der Waals surface area (Å²) in [5.41, 5.74) is 4.12. The molecule has 0 atom stereocenters. The zero-order valence-corrected chi connectivity index (χ0v) is 16.9. The highest BCUT2D eigenvalue weighted by atomic mass is 35.5. The molecule has 0 saturated carbocycles. The van der Waals surface area contributed by atoms with E-state index in [0.29, 0.717) is 39.5 Å². The van der Waals surface area contributed by atoms with Gasteiger partial charge >= 0.3 is 0 Å². The van der Waals surface area contributed by atoms with Crippen molar-refractivity contribution in [3.05, 3.63) is 99.7 Å².